The van der Waals surface area contributed by atoms with Gasteiger partial charge in [-0.1, -0.05) is 0 Å². The molecule has 5 rings (SSSR count). The van der Waals surface area contributed by atoms with Gasteiger partial charge in [0.05, 0.1) is 18.6 Å². The fourth-order valence-corrected chi connectivity index (χ4v) is 3.67. The Hall–Kier alpha value is -2.35. The highest BCUT2D eigenvalue weighted by Crippen LogP contribution is 2.45. The van der Waals surface area contributed by atoms with Gasteiger partial charge in [-0.2, -0.15) is 0 Å². The molecule has 3 fully saturated rings. The molecule has 4 heterocycles. The van der Waals surface area contributed by atoms with E-state index in [-0.39, 0.29) is 17.6 Å². The Morgan fingerprint density at radius 3 is 2.88 bits per heavy atom. The quantitative estimate of drug-likeness (QED) is 0.822. The lowest BCUT2D eigenvalue weighted by Gasteiger charge is -2.22. The van der Waals surface area contributed by atoms with Crippen LogP contribution in [-0.4, -0.2) is 57.3 Å². The number of nitrogens with zero attached hydrogens (tertiary/aromatic N) is 5. The van der Waals surface area contributed by atoms with Crippen LogP contribution in [0.4, 0.5) is 0 Å². The third-order valence-corrected chi connectivity index (χ3v) is 5.21. The van der Waals surface area contributed by atoms with E-state index >= 15 is 0 Å². The van der Waals surface area contributed by atoms with Crippen LogP contribution in [0.1, 0.15) is 41.2 Å². The van der Waals surface area contributed by atoms with Crippen molar-refractivity contribution in [1.29, 1.82) is 0 Å². The van der Waals surface area contributed by atoms with Crippen LogP contribution in [-0.2, 0) is 10.2 Å². The number of carbonyl (C=O) groups is 1. The zero-order valence-electron chi connectivity index (χ0n) is 13.1. The van der Waals surface area contributed by atoms with Crippen molar-refractivity contribution in [3.05, 3.63) is 36.1 Å². The summed E-state index contributed by atoms with van der Waals surface area (Å²) in [6.45, 7) is 2.20. The van der Waals surface area contributed by atoms with Gasteiger partial charge in [-0.05, 0) is 18.9 Å². The number of aromatic nitrogens is 4. The normalized spacial score (nSPS) is 29.0. The maximum absolute atomic E-state index is 12.7. The van der Waals surface area contributed by atoms with Crippen LogP contribution in [0.25, 0.3) is 0 Å². The molecular formula is C16H17N5O3. The number of rotatable bonds is 3. The monoisotopic (exact) mass is 327 g/mol. The lowest BCUT2D eigenvalue weighted by atomic mass is 9.81. The van der Waals surface area contributed by atoms with E-state index in [1.165, 1.54) is 0 Å². The zero-order valence-corrected chi connectivity index (χ0v) is 13.1. The fraction of sp³-hybridized carbons (Fsp3) is 0.562. The summed E-state index contributed by atoms with van der Waals surface area (Å²) < 4.78 is 11.6. The van der Waals surface area contributed by atoms with Crippen molar-refractivity contribution in [3.8, 4) is 0 Å². The molecule has 2 atom stereocenters. The first-order valence-electron chi connectivity index (χ1n) is 8.24. The summed E-state index contributed by atoms with van der Waals surface area (Å²) >= 11 is 0. The molecule has 0 N–H and O–H groups in total. The van der Waals surface area contributed by atoms with Crippen molar-refractivity contribution >= 4 is 5.91 Å². The predicted molar refractivity (Wildman–Crippen MR) is 80.2 cm³/mol. The molecule has 0 spiro atoms. The van der Waals surface area contributed by atoms with Crippen LogP contribution in [0, 0.1) is 5.92 Å². The van der Waals surface area contributed by atoms with E-state index in [1.54, 1.807) is 23.4 Å². The van der Waals surface area contributed by atoms with Gasteiger partial charge in [0.25, 0.3) is 5.91 Å². The van der Waals surface area contributed by atoms with E-state index in [0.29, 0.717) is 38.1 Å². The van der Waals surface area contributed by atoms with Gasteiger partial charge < -0.3 is 14.1 Å². The molecule has 0 unspecified atom stereocenters. The molecule has 124 valence electrons. The Bertz CT molecular complexity index is 775. The Morgan fingerprint density at radius 1 is 1.25 bits per heavy atom. The molecule has 8 nitrogen and oxygen atoms in total. The van der Waals surface area contributed by atoms with Crippen LogP contribution >= 0.6 is 0 Å². The third kappa shape index (κ3) is 2.06. The van der Waals surface area contributed by atoms with Crippen molar-refractivity contribution in [1.82, 2.24) is 25.1 Å². The van der Waals surface area contributed by atoms with E-state index < -0.39 is 5.41 Å². The summed E-state index contributed by atoms with van der Waals surface area (Å²) in [5.41, 5.74) is -0.398. The lowest BCUT2D eigenvalue weighted by molar-refractivity contribution is 0.0726. The summed E-state index contributed by atoms with van der Waals surface area (Å²) in [6, 6.07) is 1.70. The molecule has 2 aromatic heterocycles. The maximum Gasteiger partial charge on any atom is 0.291 e. The predicted octanol–water partition coefficient (Wildman–Crippen LogP) is 0.777. The topological polar surface area (TPSA) is 94.2 Å². The smallest absolute Gasteiger partial charge is 0.291 e. The van der Waals surface area contributed by atoms with Gasteiger partial charge >= 0.3 is 0 Å². The SMILES string of the molecule is O=C(c1ncccn1)N1C[C@H]2COC[C@@]2(c2nnc(C3CC3)o2)C1. The van der Waals surface area contributed by atoms with Crippen LogP contribution in [0.2, 0.25) is 0 Å². The number of hydrogen-bond donors (Lipinski definition) is 0. The second-order valence-corrected chi connectivity index (χ2v) is 6.85. The highest BCUT2D eigenvalue weighted by Gasteiger charge is 2.56. The Kier molecular flexibility index (Phi) is 2.97. The minimum Gasteiger partial charge on any atom is -0.424 e. The molecule has 1 aliphatic carbocycles. The number of amides is 1. The standard InChI is InChI=1S/C16H17N5O3/c22-14(12-17-4-1-5-18-12)21-6-11-7-23-9-16(11,8-21)15-20-19-13(24-15)10-2-3-10/h1,4-5,10-11H,2-3,6-9H2/t11-,16-/m0/s1. The van der Waals surface area contributed by atoms with Crippen molar-refractivity contribution in [3.63, 3.8) is 0 Å². The molecule has 0 radical (unpaired) electrons. The van der Waals surface area contributed by atoms with Crippen molar-refractivity contribution in [2.24, 2.45) is 5.92 Å². The summed E-state index contributed by atoms with van der Waals surface area (Å²) in [5, 5.41) is 8.50. The van der Waals surface area contributed by atoms with Crippen LogP contribution < -0.4 is 0 Å². The van der Waals surface area contributed by atoms with E-state index in [2.05, 4.69) is 20.2 Å². The van der Waals surface area contributed by atoms with Gasteiger partial charge in [0.15, 0.2) is 0 Å². The molecule has 1 amide bonds. The molecular weight excluding hydrogens is 310 g/mol. The number of likely N-dealkylation sites (tertiary alicyclic amines) is 1. The van der Waals surface area contributed by atoms with Crippen molar-refractivity contribution < 1.29 is 13.9 Å². The van der Waals surface area contributed by atoms with Gasteiger partial charge in [-0.25, -0.2) is 9.97 Å². The molecule has 8 heteroatoms. The molecule has 0 bridgehead atoms. The molecule has 2 aromatic rings. The summed E-state index contributed by atoms with van der Waals surface area (Å²) in [6.07, 6.45) is 5.39. The van der Waals surface area contributed by atoms with Gasteiger partial charge in [0, 0.05) is 37.3 Å². The first-order valence-corrected chi connectivity index (χ1v) is 8.24. The highest BCUT2D eigenvalue weighted by molar-refractivity contribution is 5.90. The Balaban J connectivity index is 1.44. The van der Waals surface area contributed by atoms with E-state index in [0.717, 1.165) is 18.7 Å². The maximum atomic E-state index is 12.7. The average Bonchev–Trinajstić information content (AvgIpc) is 3.05. The van der Waals surface area contributed by atoms with Crippen LogP contribution in [0.3, 0.4) is 0 Å². The van der Waals surface area contributed by atoms with Crippen molar-refractivity contribution in [2.75, 3.05) is 26.3 Å². The molecule has 3 aliphatic rings. The van der Waals surface area contributed by atoms with E-state index in [9.17, 15) is 4.79 Å². The first-order chi connectivity index (χ1) is 11.8. The van der Waals surface area contributed by atoms with Crippen LogP contribution in [0.15, 0.2) is 22.9 Å². The minimum absolute atomic E-state index is 0.161. The van der Waals surface area contributed by atoms with Gasteiger partial charge in [0.2, 0.25) is 17.6 Å². The number of ether oxygens (including phenoxy) is 1. The van der Waals surface area contributed by atoms with Gasteiger partial charge in [-0.3, -0.25) is 4.79 Å². The van der Waals surface area contributed by atoms with Crippen molar-refractivity contribution in [2.45, 2.75) is 24.2 Å². The Labute approximate surface area is 138 Å². The van der Waals surface area contributed by atoms with Gasteiger partial charge in [-0.15, -0.1) is 10.2 Å². The second kappa shape index (κ2) is 5.07. The number of carbonyl (C=O) groups excluding carboxylic acids is 1. The largest absolute Gasteiger partial charge is 0.424 e. The summed E-state index contributed by atoms with van der Waals surface area (Å²) in [5.74, 6) is 1.97. The zero-order chi connectivity index (χ0) is 16.1. The molecule has 2 saturated heterocycles. The molecule has 2 aliphatic heterocycles. The second-order valence-electron chi connectivity index (χ2n) is 6.85. The minimum atomic E-state index is -0.398. The lowest BCUT2D eigenvalue weighted by Crippen LogP contribution is -2.38. The molecule has 1 saturated carbocycles. The first kappa shape index (κ1) is 14.0. The number of hydrogen-bond acceptors (Lipinski definition) is 7. The fourth-order valence-electron chi connectivity index (χ4n) is 3.67. The van der Waals surface area contributed by atoms with E-state index in [1.807, 2.05) is 0 Å². The Morgan fingerprint density at radius 2 is 2.08 bits per heavy atom. The summed E-state index contributed by atoms with van der Waals surface area (Å²) in [7, 11) is 0. The summed E-state index contributed by atoms with van der Waals surface area (Å²) in [4.78, 5) is 22.6. The molecule has 0 aromatic carbocycles. The number of fused-ring (bicyclic) bond motifs is 1. The highest BCUT2D eigenvalue weighted by atomic mass is 16.5. The van der Waals surface area contributed by atoms with Gasteiger partial charge in [0.1, 0.15) is 0 Å². The van der Waals surface area contributed by atoms with E-state index in [4.69, 9.17) is 9.15 Å². The third-order valence-electron chi connectivity index (χ3n) is 5.21. The molecule has 24 heavy (non-hydrogen) atoms. The van der Waals surface area contributed by atoms with Crippen LogP contribution in [0.5, 0.6) is 0 Å². The average molecular weight is 327 g/mol.